The molecular weight excluding hydrogens is 361 g/mol. The van der Waals surface area contributed by atoms with E-state index in [2.05, 4.69) is 15.6 Å². The van der Waals surface area contributed by atoms with Crippen LogP contribution < -0.4 is 10.6 Å². The number of hydrogen-bond donors (Lipinski definition) is 2. The average Bonchev–Trinajstić information content (AvgIpc) is 2.69. The summed E-state index contributed by atoms with van der Waals surface area (Å²) in [7, 11) is 0. The Morgan fingerprint density at radius 1 is 1.04 bits per heavy atom. The number of nitrogens with zero attached hydrogens (tertiary/aromatic N) is 1. The van der Waals surface area contributed by atoms with Crippen molar-refractivity contribution in [3.63, 3.8) is 0 Å². The minimum atomic E-state index is -0.520. The Kier molecular flexibility index (Phi) is 5.96. The summed E-state index contributed by atoms with van der Waals surface area (Å²) in [6.45, 7) is 1.94. The van der Waals surface area contributed by atoms with Crippen molar-refractivity contribution in [2.75, 3.05) is 17.2 Å². The molecule has 0 aliphatic heterocycles. The number of nitrogens with one attached hydrogen (secondary N) is 2. The summed E-state index contributed by atoms with van der Waals surface area (Å²) < 4.78 is 18.3. The fraction of sp³-hybridized carbons (Fsp3) is 0.0952. The zero-order valence-corrected chi connectivity index (χ0v) is 15.1. The van der Waals surface area contributed by atoms with Crippen molar-refractivity contribution >= 4 is 28.9 Å². The van der Waals surface area contributed by atoms with Crippen LogP contribution in [0.2, 0.25) is 0 Å². The van der Waals surface area contributed by atoms with Crippen molar-refractivity contribution in [3.05, 3.63) is 83.9 Å². The molecule has 28 heavy (non-hydrogen) atoms. The minimum absolute atomic E-state index is 0.139. The highest BCUT2D eigenvalue weighted by molar-refractivity contribution is 6.07. The second-order valence-corrected chi connectivity index (χ2v) is 5.79. The number of carbonyl (C=O) groups excluding carboxylic acids is 2. The highest BCUT2D eigenvalue weighted by atomic mass is 19.1. The maximum absolute atomic E-state index is 13.3. The highest BCUT2D eigenvalue weighted by Gasteiger charge is 2.15. The van der Waals surface area contributed by atoms with E-state index in [4.69, 9.17) is 4.74 Å². The third kappa shape index (κ3) is 4.70. The number of amides is 1. The zero-order chi connectivity index (χ0) is 19.9. The molecule has 3 rings (SSSR count). The van der Waals surface area contributed by atoms with Gasteiger partial charge in [0, 0.05) is 17.6 Å². The molecular formula is C21H18FN3O3. The lowest BCUT2D eigenvalue weighted by Crippen LogP contribution is -2.17. The summed E-state index contributed by atoms with van der Waals surface area (Å²) in [4.78, 5) is 28.7. The zero-order valence-electron chi connectivity index (χ0n) is 15.1. The van der Waals surface area contributed by atoms with Gasteiger partial charge in [0.2, 0.25) is 0 Å². The molecule has 0 saturated carbocycles. The second-order valence-electron chi connectivity index (χ2n) is 5.79. The van der Waals surface area contributed by atoms with E-state index >= 15 is 0 Å². The lowest BCUT2D eigenvalue weighted by molar-refractivity contribution is 0.0527. The number of anilines is 3. The predicted molar refractivity (Wildman–Crippen MR) is 104 cm³/mol. The van der Waals surface area contributed by atoms with Crippen LogP contribution >= 0.6 is 0 Å². The molecule has 0 aliphatic rings. The molecule has 0 fully saturated rings. The van der Waals surface area contributed by atoms with Gasteiger partial charge in [0.1, 0.15) is 11.5 Å². The number of aromatic nitrogens is 1. The van der Waals surface area contributed by atoms with E-state index in [-0.39, 0.29) is 23.7 Å². The molecule has 0 atom stereocenters. The lowest BCUT2D eigenvalue weighted by Gasteiger charge is -2.11. The van der Waals surface area contributed by atoms with Crippen LogP contribution in [0.15, 0.2) is 66.9 Å². The van der Waals surface area contributed by atoms with E-state index in [0.29, 0.717) is 17.1 Å². The normalized spacial score (nSPS) is 10.2. The Bertz CT molecular complexity index is 1010. The van der Waals surface area contributed by atoms with Gasteiger partial charge < -0.3 is 15.4 Å². The first-order valence-corrected chi connectivity index (χ1v) is 8.63. The molecule has 2 N–H and O–H groups in total. The molecule has 1 heterocycles. The van der Waals surface area contributed by atoms with Gasteiger partial charge in [-0.05, 0) is 49.4 Å². The molecule has 3 aromatic rings. The summed E-state index contributed by atoms with van der Waals surface area (Å²) in [6.07, 6.45) is 1.47. The van der Waals surface area contributed by atoms with E-state index < -0.39 is 11.9 Å². The van der Waals surface area contributed by atoms with Crippen LogP contribution in [-0.2, 0) is 4.74 Å². The lowest BCUT2D eigenvalue weighted by atomic mass is 10.1. The molecule has 0 aliphatic carbocycles. The van der Waals surface area contributed by atoms with E-state index in [1.165, 1.54) is 24.4 Å². The first kappa shape index (κ1) is 19.0. The molecule has 0 bridgehead atoms. The van der Waals surface area contributed by atoms with Crippen LogP contribution in [0.5, 0.6) is 0 Å². The molecule has 6 nitrogen and oxygen atoms in total. The Morgan fingerprint density at radius 2 is 1.82 bits per heavy atom. The molecule has 0 spiro atoms. The number of benzene rings is 2. The maximum Gasteiger partial charge on any atom is 0.340 e. The van der Waals surface area contributed by atoms with Crippen LogP contribution in [0.4, 0.5) is 21.5 Å². The summed E-state index contributed by atoms with van der Waals surface area (Å²) in [5.41, 5.74) is 1.85. The van der Waals surface area contributed by atoms with Crippen LogP contribution in [0, 0.1) is 5.82 Å². The van der Waals surface area contributed by atoms with Gasteiger partial charge in [-0.3, -0.25) is 9.78 Å². The number of ether oxygens (including phenoxy) is 1. The smallest absolute Gasteiger partial charge is 0.340 e. The molecule has 142 valence electrons. The van der Waals surface area contributed by atoms with Crippen molar-refractivity contribution in [1.82, 2.24) is 4.98 Å². The Morgan fingerprint density at radius 3 is 2.61 bits per heavy atom. The summed E-state index contributed by atoms with van der Waals surface area (Å²) >= 11 is 0. The van der Waals surface area contributed by atoms with Gasteiger partial charge in [-0.25, -0.2) is 9.18 Å². The van der Waals surface area contributed by atoms with E-state index in [1.54, 1.807) is 49.4 Å². The largest absolute Gasteiger partial charge is 0.462 e. The molecule has 1 amide bonds. The topological polar surface area (TPSA) is 80.3 Å². The number of rotatable bonds is 6. The third-order valence-electron chi connectivity index (χ3n) is 3.78. The summed E-state index contributed by atoms with van der Waals surface area (Å²) in [5, 5.41) is 5.69. The van der Waals surface area contributed by atoms with Crippen LogP contribution in [0.3, 0.4) is 0 Å². The van der Waals surface area contributed by atoms with Crippen molar-refractivity contribution < 1.29 is 18.7 Å². The third-order valence-corrected chi connectivity index (χ3v) is 3.78. The maximum atomic E-state index is 13.3. The first-order chi connectivity index (χ1) is 13.6. The first-order valence-electron chi connectivity index (χ1n) is 8.63. The number of esters is 1. The van der Waals surface area contributed by atoms with Gasteiger partial charge in [0.05, 0.1) is 17.9 Å². The van der Waals surface area contributed by atoms with E-state index in [9.17, 15) is 14.0 Å². The quantitative estimate of drug-likeness (QED) is 0.621. The fourth-order valence-corrected chi connectivity index (χ4v) is 2.53. The van der Waals surface area contributed by atoms with Crippen molar-refractivity contribution in [2.45, 2.75) is 6.92 Å². The number of pyridine rings is 1. The van der Waals surface area contributed by atoms with Crippen LogP contribution in [-0.4, -0.2) is 23.5 Å². The standard InChI is InChI=1S/C21H18FN3O3/c1-2-28-21(27)17-8-3-4-9-18(17)25-20(26)19-13-16(10-11-23-19)24-15-7-5-6-14(22)12-15/h3-13H,2H2,1H3,(H,23,24)(H,25,26). The summed E-state index contributed by atoms with van der Waals surface area (Å²) in [5.74, 6) is -1.37. The molecule has 7 heteroatoms. The molecule has 0 saturated heterocycles. The number of carbonyl (C=O) groups is 2. The molecule has 2 aromatic carbocycles. The summed E-state index contributed by atoms with van der Waals surface area (Å²) in [6, 6.07) is 15.7. The molecule has 0 unspecified atom stereocenters. The van der Waals surface area contributed by atoms with Gasteiger partial charge in [0.25, 0.3) is 5.91 Å². The van der Waals surface area contributed by atoms with Crippen LogP contribution in [0.25, 0.3) is 0 Å². The van der Waals surface area contributed by atoms with Gasteiger partial charge in [0.15, 0.2) is 0 Å². The van der Waals surface area contributed by atoms with Gasteiger partial charge in [-0.15, -0.1) is 0 Å². The van der Waals surface area contributed by atoms with Crippen LogP contribution in [0.1, 0.15) is 27.8 Å². The van der Waals surface area contributed by atoms with E-state index in [1.807, 2.05) is 0 Å². The number of halogens is 1. The van der Waals surface area contributed by atoms with Gasteiger partial charge >= 0.3 is 5.97 Å². The second kappa shape index (κ2) is 8.77. The monoisotopic (exact) mass is 379 g/mol. The highest BCUT2D eigenvalue weighted by Crippen LogP contribution is 2.20. The van der Waals surface area contributed by atoms with Crippen molar-refractivity contribution in [2.24, 2.45) is 0 Å². The minimum Gasteiger partial charge on any atom is -0.462 e. The Labute approximate surface area is 161 Å². The van der Waals surface area contributed by atoms with Gasteiger partial charge in [-0.1, -0.05) is 18.2 Å². The number of hydrogen-bond acceptors (Lipinski definition) is 5. The fourth-order valence-electron chi connectivity index (χ4n) is 2.53. The molecule has 0 radical (unpaired) electrons. The Balaban J connectivity index is 1.78. The Hall–Kier alpha value is -3.74. The van der Waals surface area contributed by atoms with Crippen molar-refractivity contribution in [3.8, 4) is 0 Å². The van der Waals surface area contributed by atoms with Gasteiger partial charge in [-0.2, -0.15) is 0 Å². The SMILES string of the molecule is CCOC(=O)c1ccccc1NC(=O)c1cc(Nc2cccc(F)c2)ccn1. The van der Waals surface area contributed by atoms with Crippen molar-refractivity contribution in [1.29, 1.82) is 0 Å². The predicted octanol–water partition coefficient (Wildman–Crippen LogP) is 4.39. The number of para-hydroxylation sites is 1. The average molecular weight is 379 g/mol. The van der Waals surface area contributed by atoms with E-state index in [0.717, 1.165) is 0 Å². The molecule has 1 aromatic heterocycles.